The fourth-order valence-corrected chi connectivity index (χ4v) is 5.22. The lowest BCUT2D eigenvalue weighted by atomic mass is 9.96. The second-order valence-electron chi connectivity index (χ2n) is 5.63. The molecule has 0 amide bonds. The van der Waals surface area contributed by atoms with E-state index in [4.69, 9.17) is 11.6 Å². The quantitative estimate of drug-likeness (QED) is 0.807. The lowest BCUT2D eigenvalue weighted by Crippen LogP contribution is -2.30. The van der Waals surface area contributed by atoms with Gasteiger partial charge in [-0.15, -0.1) is 22.7 Å². The molecular formula is C16H20ClNOS2. The van der Waals surface area contributed by atoms with Gasteiger partial charge in [-0.3, -0.25) is 0 Å². The topological polar surface area (TPSA) is 32.3 Å². The average molecular weight is 342 g/mol. The molecule has 2 nitrogen and oxygen atoms in total. The zero-order chi connectivity index (χ0) is 14.7. The van der Waals surface area contributed by atoms with Crippen molar-refractivity contribution < 1.29 is 5.11 Å². The van der Waals surface area contributed by atoms with Crippen molar-refractivity contribution in [3.8, 4) is 0 Å². The Hall–Kier alpha value is -0.390. The highest BCUT2D eigenvalue weighted by atomic mass is 35.5. The maximum absolute atomic E-state index is 9.46. The van der Waals surface area contributed by atoms with Gasteiger partial charge in [0.15, 0.2) is 0 Å². The van der Waals surface area contributed by atoms with E-state index >= 15 is 0 Å². The molecule has 1 fully saturated rings. The Balaban J connectivity index is 1.71. The summed E-state index contributed by atoms with van der Waals surface area (Å²) < 4.78 is 0.836. The number of aliphatic hydroxyl groups is 1. The van der Waals surface area contributed by atoms with Gasteiger partial charge in [0.05, 0.1) is 10.4 Å². The molecular weight excluding hydrogens is 322 g/mol. The molecule has 2 heterocycles. The number of rotatable bonds is 6. The van der Waals surface area contributed by atoms with E-state index in [1.165, 1.54) is 22.6 Å². The van der Waals surface area contributed by atoms with Crippen molar-refractivity contribution in [1.29, 1.82) is 0 Å². The Kier molecular flexibility index (Phi) is 5.35. The molecule has 0 spiro atoms. The molecule has 5 heteroatoms. The van der Waals surface area contributed by atoms with Crippen molar-refractivity contribution in [2.75, 3.05) is 13.2 Å². The van der Waals surface area contributed by atoms with Crippen LogP contribution in [0.5, 0.6) is 0 Å². The van der Waals surface area contributed by atoms with Crippen molar-refractivity contribution in [2.45, 2.75) is 25.3 Å². The number of thiophene rings is 2. The van der Waals surface area contributed by atoms with Gasteiger partial charge in [0, 0.05) is 16.4 Å². The first-order valence-corrected chi connectivity index (χ1v) is 9.48. The van der Waals surface area contributed by atoms with E-state index < -0.39 is 0 Å². The highest BCUT2D eigenvalue weighted by Gasteiger charge is 2.27. The van der Waals surface area contributed by atoms with E-state index in [2.05, 4.69) is 28.9 Å². The van der Waals surface area contributed by atoms with Gasteiger partial charge >= 0.3 is 0 Å². The van der Waals surface area contributed by atoms with Crippen LogP contribution >= 0.6 is 34.3 Å². The summed E-state index contributed by atoms with van der Waals surface area (Å²) >= 11 is 9.52. The second kappa shape index (κ2) is 7.25. The molecule has 0 aromatic carbocycles. The fraction of sp³-hybridized carbons (Fsp3) is 0.500. The lowest BCUT2D eigenvalue weighted by molar-refractivity contribution is 0.191. The minimum atomic E-state index is 0.224. The van der Waals surface area contributed by atoms with Gasteiger partial charge in [-0.2, -0.15) is 0 Å². The summed E-state index contributed by atoms with van der Waals surface area (Å²) in [5.41, 5.74) is 0. The molecule has 2 aromatic rings. The van der Waals surface area contributed by atoms with Gasteiger partial charge in [-0.05, 0) is 54.8 Å². The van der Waals surface area contributed by atoms with Crippen LogP contribution in [0.2, 0.25) is 4.34 Å². The Bertz CT molecular complexity index is 554. The third-order valence-electron chi connectivity index (χ3n) is 4.34. The summed E-state index contributed by atoms with van der Waals surface area (Å²) in [5, 5.41) is 15.3. The van der Waals surface area contributed by atoms with Gasteiger partial charge in [-0.25, -0.2) is 0 Å². The van der Waals surface area contributed by atoms with Crippen molar-refractivity contribution in [1.82, 2.24) is 5.32 Å². The molecule has 0 radical (unpaired) electrons. The predicted molar refractivity (Wildman–Crippen MR) is 91.4 cm³/mol. The first-order valence-electron chi connectivity index (χ1n) is 7.41. The number of hydrogen-bond acceptors (Lipinski definition) is 4. The monoisotopic (exact) mass is 341 g/mol. The molecule has 1 aliphatic carbocycles. The van der Waals surface area contributed by atoms with Crippen molar-refractivity contribution in [3.63, 3.8) is 0 Å². The third kappa shape index (κ3) is 3.69. The summed E-state index contributed by atoms with van der Waals surface area (Å²) in [5.74, 6) is 1.06. The molecule has 3 atom stereocenters. The van der Waals surface area contributed by atoms with Crippen LogP contribution in [0.25, 0.3) is 0 Å². The summed E-state index contributed by atoms with van der Waals surface area (Å²) in [6.45, 7) is 1.28. The van der Waals surface area contributed by atoms with E-state index in [-0.39, 0.29) is 6.04 Å². The molecule has 2 N–H and O–H groups in total. The Morgan fingerprint density at radius 3 is 2.76 bits per heavy atom. The van der Waals surface area contributed by atoms with E-state index in [1.54, 1.807) is 22.7 Å². The number of halogens is 1. The minimum absolute atomic E-state index is 0.224. The predicted octanol–water partition coefficient (Wildman–Crippen LogP) is 4.55. The number of hydrogen-bond donors (Lipinski definition) is 2. The maximum atomic E-state index is 9.46. The molecule has 0 saturated heterocycles. The van der Waals surface area contributed by atoms with Gasteiger partial charge in [0.25, 0.3) is 0 Å². The number of nitrogens with one attached hydrogen (secondary N) is 1. The van der Waals surface area contributed by atoms with Gasteiger partial charge in [0.2, 0.25) is 0 Å². The van der Waals surface area contributed by atoms with Crippen LogP contribution in [0.1, 0.15) is 35.1 Å². The fourth-order valence-electron chi connectivity index (χ4n) is 3.17. The van der Waals surface area contributed by atoms with E-state index in [0.29, 0.717) is 18.4 Å². The zero-order valence-electron chi connectivity index (χ0n) is 11.8. The highest BCUT2D eigenvalue weighted by molar-refractivity contribution is 7.16. The molecule has 3 rings (SSSR count). The molecule has 3 unspecified atom stereocenters. The van der Waals surface area contributed by atoms with Crippen LogP contribution in [0.3, 0.4) is 0 Å². The minimum Gasteiger partial charge on any atom is -0.396 e. The molecule has 0 bridgehead atoms. The lowest BCUT2D eigenvalue weighted by Gasteiger charge is -2.22. The smallest absolute Gasteiger partial charge is 0.0931 e. The zero-order valence-corrected chi connectivity index (χ0v) is 14.2. The molecule has 0 aliphatic heterocycles. The van der Waals surface area contributed by atoms with Crippen LogP contribution in [0, 0.1) is 11.8 Å². The van der Waals surface area contributed by atoms with Gasteiger partial charge in [0.1, 0.15) is 0 Å². The number of aliphatic hydroxyl groups excluding tert-OH is 1. The van der Waals surface area contributed by atoms with E-state index in [0.717, 1.165) is 17.3 Å². The largest absolute Gasteiger partial charge is 0.396 e. The summed E-state index contributed by atoms with van der Waals surface area (Å²) in [6.07, 6.45) is 3.63. The first kappa shape index (κ1) is 15.5. The van der Waals surface area contributed by atoms with Crippen LogP contribution in [0.15, 0.2) is 29.6 Å². The molecule has 2 aromatic heterocycles. The summed E-state index contributed by atoms with van der Waals surface area (Å²) in [7, 11) is 0. The molecule has 21 heavy (non-hydrogen) atoms. The van der Waals surface area contributed by atoms with E-state index in [1.807, 2.05) is 6.07 Å². The van der Waals surface area contributed by atoms with Crippen LogP contribution < -0.4 is 5.32 Å². The van der Waals surface area contributed by atoms with Crippen molar-refractivity contribution in [3.05, 3.63) is 43.7 Å². The summed E-state index contributed by atoms with van der Waals surface area (Å²) in [4.78, 5) is 2.59. The average Bonchev–Trinajstić information content (AvgIpc) is 3.21. The molecule has 1 aliphatic rings. The van der Waals surface area contributed by atoms with Gasteiger partial charge in [-0.1, -0.05) is 24.1 Å². The van der Waals surface area contributed by atoms with Crippen LogP contribution in [0.4, 0.5) is 0 Å². The van der Waals surface area contributed by atoms with Gasteiger partial charge < -0.3 is 10.4 Å². The Morgan fingerprint density at radius 1 is 1.24 bits per heavy atom. The van der Waals surface area contributed by atoms with Crippen LogP contribution in [-0.2, 0) is 0 Å². The standard InChI is InChI=1S/C16H20ClNOS2/c17-15-7-6-14(21-15)16(13-5-2-8-20-13)18-9-11-3-1-4-12(11)10-19/h2,5-8,11-12,16,18-19H,1,3-4,9-10H2. The summed E-state index contributed by atoms with van der Waals surface area (Å²) in [6, 6.07) is 8.57. The van der Waals surface area contributed by atoms with Crippen molar-refractivity contribution >= 4 is 34.3 Å². The first-order chi connectivity index (χ1) is 10.3. The third-order valence-corrected chi connectivity index (χ3v) is 6.57. The van der Waals surface area contributed by atoms with Crippen LogP contribution in [-0.4, -0.2) is 18.3 Å². The molecule has 1 saturated carbocycles. The van der Waals surface area contributed by atoms with E-state index in [9.17, 15) is 5.11 Å². The van der Waals surface area contributed by atoms with Crippen molar-refractivity contribution in [2.24, 2.45) is 11.8 Å². The SMILES string of the molecule is OCC1CCCC1CNC(c1cccs1)c1ccc(Cl)s1. The molecule has 114 valence electrons. The maximum Gasteiger partial charge on any atom is 0.0931 e. The normalized spacial score (nSPS) is 23.5. The highest BCUT2D eigenvalue weighted by Crippen LogP contribution is 2.35. The Morgan fingerprint density at radius 2 is 2.10 bits per heavy atom. The second-order valence-corrected chi connectivity index (χ2v) is 8.36. The Labute approximate surface area is 138 Å².